The molecule has 1 fully saturated rings. The minimum absolute atomic E-state index is 0.0409. The maximum absolute atomic E-state index is 11.9. The molecule has 0 spiro atoms. The van der Waals surface area contributed by atoms with Gasteiger partial charge in [0.15, 0.2) is 0 Å². The largest absolute Gasteiger partial charge is 0.480 e. The Morgan fingerprint density at radius 1 is 1.38 bits per heavy atom. The first-order chi connectivity index (χ1) is 7.52. The molecule has 0 saturated carbocycles. The van der Waals surface area contributed by atoms with Crippen LogP contribution in [-0.2, 0) is 9.59 Å². The Morgan fingerprint density at radius 3 is 2.62 bits per heavy atom. The molecular weight excluding hydrogens is 208 g/mol. The number of hydrogen-bond acceptors (Lipinski definition) is 3. The van der Waals surface area contributed by atoms with E-state index >= 15 is 0 Å². The van der Waals surface area contributed by atoms with Crippen LogP contribution in [0.2, 0.25) is 0 Å². The molecule has 1 unspecified atom stereocenters. The van der Waals surface area contributed by atoms with Crippen molar-refractivity contribution in [3.63, 3.8) is 0 Å². The summed E-state index contributed by atoms with van der Waals surface area (Å²) in [6, 6.07) is -0.608. The van der Waals surface area contributed by atoms with Gasteiger partial charge in [0.1, 0.15) is 6.04 Å². The minimum atomic E-state index is -0.877. The number of carbonyl (C=O) groups excluding carboxylic acids is 1. The molecule has 0 aromatic carbocycles. The summed E-state index contributed by atoms with van der Waals surface area (Å²) in [5.74, 6) is -0.918. The second-order valence-corrected chi connectivity index (χ2v) is 4.49. The van der Waals surface area contributed by atoms with Crippen LogP contribution in [0.3, 0.4) is 0 Å². The maximum Gasteiger partial charge on any atom is 0.326 e. The van der Waals surface area contributed by atoms with Crippen LogP contribution >= 0.6 is 0 Å². The van der Waals surface area contributed by atoms with Gasteiger partial charge in [-0.25, -0.2) is 4.79 Å². The summed E-state index contributed by atoms with van der Waals surface area (Å²) in [7, 11) is 3.80. The van der Waals surface area contributed by atoms with Crippen molar-refractivity contribution >= 4 is 11.9 Å². The average Bonchev–Trinajstić information content (AvgIpc) is 2.25. The maximum atomic E-state index is 11.9. The quantitative estimate of drug-likeness (QED) is 0.757. The summed E-state index contributed by atoms with van der Waals surface area (Å²) in [6.07, 6.45) is 2.80. The Bertz CT molecular complexity index is 266. The van der Waals surface area contributed by atoms with Gasteiger partial charge in [0.2, 0.25) is 5.91 Å². The first-order valence-electron chi connectivity index (χ1n) is 5.69. The number of hydrogen-bond donors (Lipinski definition) is 1. The topological polar surface area (TPSA) is 60.9 Å². The Kier molecular flexibility index (Phi) is 4.73. The number of likely N-dealkylation sites (tertiary alicyclic amines) is 1. The highest BCUT2D eigenvalue weighted by atomic mass is 16.4. The van der Waals surface area contributed by atoms with Crippen LogP contribution in [-0.4, -0.2) is 60.0 Å². The van der Waals surface area contributed by atoms with Gasteiger partial charge >= 0.3 is 5.97 Å². The van der Waals surface area contributed by atoms with Crippen molar-refractivity contribution in [1.82, 2.24) is 9.80 Å². The zero-order valence-electron chi connectivity index (χ0n) is 9.98. The van der Waals surface area contributed by atoms with E-state index in [1.54, 1.807) is 0 Å². The molecule has 0 bridgehead atoms. The molecule has 1 N–H and O–H groups in total. The van der Waals surface area contributed by atoms with E-state index in [9.17, 15) is 9.59 Å². The van der Waals surface area contributed by atoms with E-state index < -0.39 is 12.0 Å². The van der Waals surface area contributed by atoms with Crippen molar-refractivity contribution in [1.29, 1.82) is 0 Å². The van der Waals surface area contributed by atoms with Crippen LogP contribution in [0.15, 0.2) is 0 Å². The fourth-order valence-electron chi connectivity index (χ4n) is 1.95. The van der Waals surface area contributed by atoms with Crippen molar-refractivity contribution < 1.29 is 14.7 Å². The molecule has 1 amide bonds. The van der Waals surface area contributed by atoms with E-state index in [2.05, 4.69) is 0 Å². The molecule has 1 atom stereocenters. The van der Waals surface area contributed by atoms with Crippen LogP contribution in [0, 0.1) is 0 Å². The Labute approximate surface area is 96.0 Å². The third kappa shape index (κ3) is 3.48. The second kappa shape index (κ2) is 5.84. The first-order valence-corrected chi connectivity index (χ1v) is 5.69. The first kappa shape index (κ1) is 13.0. The third-order valence-corrected chi connectivity index (χ3v) is 2.88. The predicted molar refractivity (Wildman–Crippen MR) is 60.2 cm³/mol. The Balaban J connectivity index is 2.54. The molecular formula is C11H20N2O3. The van der Waals surface area contributed by atoms with Gasteiger partial charge in [-0.15, -0.1) is 0 Å². The van der Waals surface area contributed by atoms with Gasteiger partial charge in [0.25, 0.3) is 0 Å². The molecule has 0 aliphatic carbocycles. The number of piperidine rings is 1. The van der Waals surface area contributed by atoms with E-state index in [4.69, 9.17) is 5.11 Å². The molecule has 1 aliphatic heterocycles. The molecule has 1 aliphatic rings. The highest BCUT2D eigenvalue weighted by Crippen LogP contribution is 2.18. The number of carboxylic acid groups (broad SMARTS) is 1. The molecule has 5 heteroatoms. The number of carboxylic acids is 1. The zero-order chi connectivity index (χ0) is 12.1. The minimum Gasteiger partial charge on any atom is -0.480 e. The van der Waals surface area contributed by atoms with Crippen molar-refractivity contribution in [3.8, 4) is 0 Å². The van der Waals surface area contributed by atoms with Crippen molar-refractivity contribution in [2.24, 2.45) is 0 Å². The van der Waals surface area contributed by atoms with Gasteiger partial charge in [-0.2, -0.15) is 0 Å². The van der Waals surface area contributed by atoms with E-state index in [1.165, 1.54) is 4.90 Å². The molecule has 1 heterocycles. The van der Waals surface area contributed by atoms with E-state index in [1.807, 2.05) is 19.0 Å². The molecule has 92 valence electrons. The standard InChI is InChI=1S/C11H20N2O3/c1-12(2)8-6-10(14)13-7-4-3-5-9(13)11(15)16/h9H,3-8H2,1-2H3,(H,15,16). The van der Waals surface area contributed by atoms with Crippen LogP contribution in [0.1, 0.15) is 25.7 Å². The molecule has 0 aromatic heterocycles. The smallest absolute Gasteiger partial charge is 0.326 e. The lowest BCUT2D eigenvalue weighted by Gasteiger charge is -2.33. The molecule has 0 radical (unpaired) electrons. The van der Waals surface area contributed by atoms with Crippen LogP contribution in [0.4, 0.5) is 0 Å². The van der Waals surface area contributed by atoms with Gasteiger partial charge in [-0.05, 0) is 33.4 Å². The number of carbonyl (C=O) groups is 2. The van der Waals surface area contributed by atoms with Crippen LogP contribution in [0.5, 0.6) is 0 Å². The fourth-order valence-corrected chi connectivity index (χ4v) is 1.95. The second-order valence-electron chi connectivity index (χ2n) is 4.49. The van der Waals surface area contributed by atoms with Gasteiger partial charge in [-0.1, -0.05) is 0 Å². The van der Waals surface area contributed by atoms with Crippen molar-refractivity contribution in [2.75, 3.05) is 27.2 Å². The molecule has 1 saturated heterocycles. The van der Waals surface area contributed by atoms with Gasteiger partial charge in [0, 0.05) is 19.5 Å². The molecule has 1 rings (SSSR count). The summed E-state index contributed by atoms with van der Waals surface area (Å²) < 4.78 is 0. The fraction of sp³-hybridized carbons (Fsp3) is 0.818. The monoisotopic (exact) mass is 228 g/mol. The summed E-state index contributed by atoms with van der Waals surface area (Å²) in [5, 5.41) is 9.03. The zero-order valence-corrected chi connectivity index (χ0v) is 9.98. The highest BCUT2D eigenvalue weighted by Gasteiger charge is 2.31. The molecule has 16 heavy (non-hydrogen) atoms. The molecule has 5 nitrogen and oxygen atoms in total. The van der Waals surface area contributed by atoms with Crippen LogP contribution in [0.25, 0.3) is 0 Å². The van der Waals surface area contributed by atoms with Gasteiger partial charge in [-0.3, -0.25) is 4.79 Å². The molecule has 0 aromatic rings. The van der Waals surface area contributed by atoms with Gasteiger partial charge < -0.3 is 14.9 Å². The van der Waals surface area contributed by atoms with E-state index in [0.29, 0.717) is 25.9 Å². The van der Waals surface area contributed by atoms with Crippen LogP contribution < -0.4 is 0 Å². The highest BCUT2D eigenvalue weighted by molar-refractivity contribution is 5.83. The van der Waals surface area contributed by atoms with Gasteiger partial charge in [0.05, 0.1) is 0 Å². The van der Waals surface area contributed by atoms with E-state index in [-0.39, 0.29) is 5.91 Å². The lowest BCUT2D eigenvalue weighted by molar-refractivity contribution is -0.152. The lowest BCUT2D eigenvalue weighted by atomic mass is 10.0. The third-order valence-electron chi connectivity index (χ3n) is 2.88. The summed E-state index contributed by atoms with van der Waals surface area (Å²) in [4.78, 5) is 26.3. The number of nitrogens with zero attached hydrogens (tertiary/aromatic N) is 2. The normalized spacial score (nSPS) is 21.2. The Hall–Kier alpha value is -1.10. The lowest BCUT2D eigenvalue weighted by Crippen LogP contribution is -2.48. The van der Waals surface area contributed by atoms with Crippen molar-refractivity contribution in [2.45, 2.75) is 31.7 Å². The number of aliphatic carboxylic acids is 1. The predicted octanol–water partition coefficient (Wildman–Crippen LogP) is 0.404. The summed E-state index contributed by atoms with van der Waals surface area (Å²) >= 11 is 0. The number of rotatable bonds is 4. The Morgan fingerprint density at radius 2 is 2.06 bits per heavy atom. The summed E-state index contributed by atoms with van der Waals surface area (Å²) in [6.45, 7) is 1.25. The summed E-state index contributed by atoms with van der Waals surface area (Å²) in [5.41, 5.74) is 0. The van der Waals surface area contributed by atoms with Crippen molar-refractivity contribution in [3.05, 3.63) is 0 Å². The SMILES string of the molecule is CN(C)CCC(=O)N1CCCCC1C(=O)O. The average molecular weight is 228 g/mol. The number of amides is 1. The van der Waals surface area contributed by atoms with E-state index in [0.717, 1.165) is 12.8 Å².